The van der Waals surface area contributed by atoms with E-state index in [4.69, 9.17) is 11.6 Å². The Labute approximate surface area is 208 Å². The zero-order valence-corrected chi connectivity index (χ0v) is 20.5. The van der Waals surface area contributed by atoms with Crippen LogP contribution >= 0.6 is 11.6 Å². The number of amides is 2. The molecule has 5 heterocycles. The maximum atomic E-state index is 12.8. The van der Waals surface area contributed by atoms with E-state index in [1.54, 1.807) is 10.8 Å². The van der Waals surface area contributed by atoms with Crippen LogP contribution in [-0.2, 0) is 16.1 Å². The van der Waals surface area contributed by atoms with Gasteiger partial charge in [0.2, 0.25) is 11.8 Å². The number of rotatable bonds is 4. The van der Waals surface area contributed by atoms with Crippen LogP contribution in [0.2, 0.25) is 5.02 Å². The molecule has 35 heavy (non-hydrogen) atoms. The Morgan fingerprint density at radius 3 is 2.71 bits per heavy atom. The summed E-state index contributed by atoms with van der Waals surface area (Å²) in [5.74, 6) is 0.195. The summed E-state index contributed by atoms with van der Waals surface area (Å²) < 4.78 is 1.78. The fourth-order valence-electron chi connectivity index (χ4n) is 6.64. The summed E-state index contributed by atoms with van der Waals surface area (Å²) in [6, 6.07) is 8.49. The first kappa shape index (κ1) is 21.3. The lowest BCUT2D eigenvalue weighted by atomic mass is 10.1. The van der Waals surface area contributed by atoms with Gasteiger partial charge in [0.05, 0.1) is 29.6 Å². The van der Waals surface area contributed by atoms with Crippen LogP contribution in [0.25, 0.3) is 16.8 Å². The van der Waals surface area contributed by atoms with Crippen LogP contribution in [-0.4, -0.2) is 57.0 Å². The van der Waals surface area contributed by atoms with E-state index in [0.717, 1.165) is 47.7 Å². The number of carbonyl (C=O) groups excluding carboxylic acids is 2. The quantitative estimate of drug-likeness (QED) is 0.566. The molecule has 3 aliphatic heterocycles. The van der Waals surface area contributed by atoms with Crippen LogP contribution in [0.15, 0.2) is 36.8 Å². The first-order chi connectivity index (χ1) is 16.8. The largest absolute Gasteiger partial charge is 0.369 e. The number of halogens is 1. The lowest BCUT2D eigenvalue weighted by Crippen LogP contribution is -2.35. The number of nitrogens with one attached hydrogen (secondary N) is 1. The molecule has 4 fully saturated rings. The SMILES string of the molecule is CC1(C)C2C(=O)N(Cc3cc4c(-c5cc(Cl)ccc5N5C[C@@H]6CCN[C@@H]6C5)ncnn4c3)C(=O)C21. The fraction of sp³-hybridized carbons (Fsp3) is 0.462. The van der Waals surface area contributed by atoms with Crippen LogP contribution in [0.4, 0.5) is 5.69 Å². The van der Waals surface area contributed by atoms with E-state index in [0.29, 0.717) is 17.0 Å². The van der Waals surface area contributed by atoms with E-state index in [2.05, 4.69) is 26.4 Å². The number of piperidine rings is 1. The van der Waals surface area contributed by atoms with Crippen molar-refractivity contribution in [2.75, 3.05) is 24.5 Å². The molecule has 3 saturated heterocycles. The Bertz CT molecular complexity index is 1360. The van der Waals surface area contributed by atoms with Crippen molar-refractivity contribution in [2.24, 2.45) is 23.2 Å². The number of hydrogen-bond acceptors (Lipinski definition) is 6. The maximum Gasteiger partial charge on any atom is 0.233 e. The van der Waals surface area contributed by atoms with Gasteiger partial charge in [0, 0.05) is 41.6 Å². The third-order valence-corrected chi connectivity index (χ3v) is 8.85. The first-order valence-corrected chi connectivity index (χ1v) is 12.7. The molecule has 1 saturated carbocycles. The number of imide groups is 1. The molecule has 7 rings (SSSR count). The zero-order chi connectivity index (χ0) is 24.1. The molecule has 0 radical (unpaired) electrons. The molecule has 9 heteroatoms. The summed E-state index contributed by atoms with van der Waals surface area (Å²) in [5.41, 5.74) is 4.34. The summed E-state index contributed by atoms with van der Waals surface area (Å²) in [5, 5.41) is 8.67. The van der Waals surface area contributed by atoms with Crippen molar-refractivity contribution >= 4 is 34.6 Å². The van der Waals surface area contributed by atoms with Crippen molar-refractivity contribution in [3.05, 3.63) is 47.4 Å². The van der Waals surface area contributed by atoms with Crippen LogP contribution in [0.5, 0.6) is 0 Å². The van der Waals surface area contributed by atoms with Gasteiger partial charge in [-0.25, -0.2) is 9.50 Å². The molecule has 4 aliphatic rings. The number of likely N-dealkylation sites (tertiary alicyclic amines) is 1. The molecule has 0 spiro atoms. The minimum atomic E-state index is -0.207. The molecule has 0 bridgehead atoms. The Morgan fingerprint density at radius 2 is 1.94 bits per heavy atom. The topological polar surface area (TPSA) is 82.8 Å². The fourth-order valence-corrected chi connectivity index (χ4v) is 6.81. The second-order valence-electron chi connectivity index (χ2n) is 11.0. The Balaban J connectivity index is 1.24. The average molecular weight is 491 g/mol. The van der Waals surface area contributed by atoms with Gasteiger partial charge < -0.3 is 10.2 Å². The summed E-state index contributed by atoms with van der Waals surface area (Å²) in [6.07, 6.45) is 4.63. The normalized spacial score (nSPS) is 28.8. The lowest BCUT2D eigenvalue weighted by Gasteiger charge is -2.23. The highest BCUT2D eigenvalue weighted by Gasteiger charge is 2.72. The van der Waals surface area contributed by atoms with Crippen LogP contribution < -0.4 is 10.2 Å². The smallest absolute Gasteiger partial charge is 0.233 e. The summed E-state index contributed by atoms with van der Waals surface area (Å²) in [4.78, 5) is 34.2. The monoisotopic (exact) mass is 490 g/mol. The van der Waals surface area contributed by atoms with Gasteiger partial charge in [0.1, 0.15) is 6.33 Å². The van der Waals surface area contributed by atoms with Gasteiger partial charge in [0.25, 0.3) is 0 Å². The molecule has 180 valence electrons. The van der Waals surface area contributed by atoms with E-state index in [9.17, 15) is 9.59 Å². The number of benzene rings is 1. The van der Waals surface area contributed by atoms with Crippen molar-refractivity contribution in [1.29, 1.82) is 0 Å². The predicted octanol–water partition coefficient (Wildman–Crippen LogP) is 2.99. The lowest BCUT2D eigenvalue weighted by molar-refractivity contribution is -0.143. The summed E-state index contributed by atoms with van der Waals surface area (Å²) >= 11 is 6.45. The Kier molecular flexibility index (Phi) is 4.43. The number of hydrogen-bond donors (Lipinski definition) is 1. The van der Waals surface area contributed by atoms with Crippen molar-refractivity contribution in [3.63, 3.8) is 0 Å². The van der Waals surface area contributed by atoms with Gasteiger partial charge in [-0.1, -0.05) is 25.4 Å². The van der Waals surface area contributed by atoms with Crippen molar-refractivity contribution in [1.82, 2.24) is 24.8 Å². The molecule has 2 unspecified atom stereocenters. The highest BCUT2D eigenvalue weighted by molar-refractivity contribution is 6.31. The number of aromatic nitrogens is 3. The van der Waals surface area contributed by atoms with E-state index >= 15 is 0 Å². The highest BCUT2D eigenvalue weighted by Crippen LogP contribution is 2.63. The number of anilines is 1. The molecular formula is C26H27ClN6O2. The number of nitrogens with zero attached hydrogens (tertiary/aromatic N) is 5. The summed E-state index contributed by atoms with van der Waals surface area (Å²) in [7, 11) is 0. The molecule has 3 aromatic rings. The molecule has 4 atom stereocenters. The van der Waals surface area contributed by atoms with E-state index in [-0.39, 0.29) is 35.6 Å². The summed E-state index contributed by atoms with van der Waals surface area (Å²) in [6.45, 7) is 7.32. The Morgan fingerprint density at radius 1 is 1.14 bits per heavy atom. The second kappa shape index (κ2) is 7.27. The van der Waals surface area contributed by atoms with Crippen molar-refractivity contribution in [2.45, 2.75) is 32.9 Å². The first-order valence-electron chi connectivity index (χ1n) is 12.3. The molecule has 1 aromatic carbocycles. The van der Waals surface area contributed by atoms with Gasteiger partial charge in [-0.3, -0.25) is 14.5 Å². The van der Waals surface area contributed by atoms with E-state index in [1.165, 1.54) is 11.3 Å². The Hall–Kier alpha value is -2.97. The third-order valence-electron chi connectivity index (χ3n) is 8.61. The van der Waals surface area contributed by atoms with Gasteiger partial charge in [0.15, 0.2) is 0 Å². The molecule has 1 aliphatic carbocycles. The third kappa shape index (κ3) is 3.09. The van der Waals surface area contributed by atoms with Crippen LogP contribution in [0.3, 0.4) is 0 Å². The standard InChI is InChI=1S/C26H27ClN6O2/c1-26(2)21-22(26)25(35)32(24(21)34)9-14-7-20-23(29-13-30-33(20)10-14)17-8-16(27)3-4-19(17)31-11-15-5-6-28-18(15)12-31/h3-4,7-8,10,13,15,18,21-22,28H,5-6,9,11-12H2,1-2H3/t15-,18+,21?,22?/m0/s1. The van der Waals surface area contributed by atoms with Gasteiger partial charge in [-0.05, 0) is 54.1 Å². The molecule has 8 nitrogen and oxygen atoms in total. The molecule has 2 amide bonds. The maximum absolute atomic E-state index is 12.8. The van der Waals surface area contributed by atoms with Crippen molar-refractivity contribution in [3.8, 4) is 11.3 Å². The van der Waals surface area contributed by atoms with Crippen LogP contribution in [0, 0.1) is 23.2 Å². The molecule has 1 N–H and O–H groups in total. The molecule has 2 aromatic heterocycles. The van der Waals surface area contributed by atoms with Gasteiger partial charge >= 0.3 is 0 Å². The van der Waals surface area contributed by atoms with E-state index in [1.807, 2.05) is 38.2 Å². The second-order valence-corrected chi connectivity index (χ2v) is 11.4. The number of fused-ring (bicyclic) bond motifs is 3. The molecular weight excluding hydrogens is 464 g/mol. The van der Waals surface area contributed by atoms with Crippen molar-refractivity contribution < 1.29 is 9.59 Å². The zero-order valence-electron chi connectivity index (χ0n) is 19.7. The average Bonchev–Trinajstić information content (AvgIpc) is 3.35. The van der Waals surface area contributed by atoms with Gasteiger partial charge in [-0.2, -0.15) is 5.10 Å². The minimum Gasteiger partial charge on any atom is -0.369 e. The predicted molar refractivity (Wildman–Crippen MR) is 132 cm³/mol. The highest BCUT2D eigenvalue weighted by atomic mass is 35.5. The number of carbonyl (C=O) groups is 2. The van der Waals surface area contributed by atoms with E-state index < -0.39 is 0 Å². The minimum absolute atomic E-state index is 0.0584. The van der Waals surface area contributed by atoms with Gasteiger partial charge in [-0.15, -0.1) is 0 Å². The van der Waals surface area contributed by atoms with Crippen LogP contribution in [0.1, 0.15) is 25.8 Å².